The first kappa shape index (κ1) is 21.9. The molecular formula is C20H16F4O5. The van der Waals surface area contributed by atoms with Crippen LogP contribution in [0.15, 0.2) is 48.5 Å². The summed E-state index contributed by atoms with van der Waals surface area (Å²) in [5.74, 6) is -2.95. The highest BCUT2D eigenvalue weighted by atomic mass is 19.4. The van der Waals surface area contributed by atoms with Gasteiger partial charge in [-0.1, -0.05) is 12.1 Å². The maximum Gasteiger partial charge on any atom is 0.389 e. The molecule has 0 aromatic heterocycles. The molecule has 0 aliphatic carbocycles. The van der Waals surface area contributed by atoms with Gasteiger partial charge in [-0.3, -0.25) is 0 Å². The molecule has 0 aliphatic heterocycles. The van der Waals surface area contributed by atoms with E-state index in [1.165, 1.54) is 36.4 Å². The fourth-order valence-electron chi connectivity index (χ4n) is 2.18. The Morgan fingerprint density at radius 3 is 2.34 bits per heavy atom. The first-order chi connectivity index (χ1) is 13.6. The van der Waals surface area contributed by atoms with Crippen LogP contribution in [0.2, 0.25) is 0 Å². The molecule has 0 aliphatic rings. The van der Waals surface area contributed by atoms with Gasteiger partial charge in [0, 0.05) is 12.5 Å². The summed E-state index contributed by atoms with van der Waals surface area (Å²) in [6, 6.07) is 9.17. The molecule has 0 spiro atoms. The summed E-state index contributed by atoms with van der Waals surface area (Å²) in [6.07, 6.45) is -3.35. The van der Waals surface area contributed by atoms with Crippen LogP contribution in [0.25, 0.3) is 6.08 Å². The summed E-state index contributed by atoms with van der Waals surface area (Å²) in [5.41, 5.74) is 0.463. The van der Waals surface area contributed by atoms with Crippen LogP contribution >= 0.6 is 0 Å². The van der Waals surface area contributed by atoms with Crippen molar-refractivity contribution in [2.24, 2.45) is 0 Å². The van der Waals surface area contributed by atoms with E-state index < -0.39 is 30.4 Å². The summed E-state index contributed by atoms with van der Waals surface area (Å²) in [7, 11) is 0. The van der Waals surface area contributed by atoms with Gasteiger partial charge in [-0.25, -0.2) is 14.0 Å². The minimum Gasteiger partial charge on any atom is -0.491 e. The standard InChI is InChI=1S/C20H16F4O5/c21-16-12-14(5-8-17(16)28-11-1-10-20(22,23)24)19(27)29-15-6-2-13(3-7-15)4-9-18(25)26/h2-9,12H,1,10-11H2,(H,25,26)/b9-4+. The zero-order chi connectivity index (χ0) is 21.4. The van der Waals surface area contributed by atoms with Crippen molar-refractivity contribution < 1.29 is 41.7 Å². The SMILES string of the molecule is O=C(O)/C=C/c1ccc(OC(=O)c2ccc(OCCCC(F)(F)F)c(F)c2)cc1. The summed E-state index contributed by atoms with van der Waals surface area (Å²) >= 11 is 0. The van der Waals surface area contributed by atoms with E-state index in [2.05, 4.69) is 0 Å². The van der Waals surface area contributed by atoms with E-state index in [0.29, 0.717) is 5.56 Å². The number of hydrogen-bond donors (Lipinski definition) is 1. The number of carbonyl (C=O) groups excluding carboxylic acids is 1. The highest BCUT2D eigenvalue weighted by Gasteiger charge is 2.26. The minimum atomic E-state index is -4.31. The minimum absolute atomic E-state index is 0.111. The van der Waals surface area contributed by atoms with Gasteiger partial charge in [-0.2, -0.15) is 13.2 Å². The molecule has 0 amide bonds. The average molecular weight is 412 g/mol. The van der Waals surface area contributed by atoms with Gasteiger partial charge >= 0.3 is 18.1 Å². The molecule has 9 heteroatoms. The second-order valence-corrected chi connectivity index (χ2v) is 5.84. The largest absolute Gasteiger partial charge is 0.491 e. The second-order valence-electron chi connectivity index (χ2n) is 5.84. The summed E-state index contributed by atoms with van der Waals surface area (Å²) in [5, 5.41) is 8.57. The van der Waals surface area contributed by atoms with Crippen molar-refractivity contribution >= 4 is 18.0 Å². The number of hydrogen-bond acceptors (Lipinski definition) is 4. The molecule has 2 aromatic carbocycles. The quantitative estimate of drug-likeness (QED) is 0.220. The first-order valence-electron chi connectivity index (χ1n) is 8.36. The summed E-state index contributed by atoms with van der Waals surface area (Å²) in [4.78, 5) is 22.6. The Hall–Kier alpha value is -3.36. The van der Waals surface area contributed by atoms with Crippen molar-refractivity contribution in [3.8, 4) is 11.5 Å². The summed E-state index contributed by atoms with van der Waals surface area (Å²) < 4.78 is 60.3. The molecule has 0 saturated heterocycles. The maximum absolute atomic E-state index is 14.0. The molecule has 0 unspecified atom stereocenters. The Kier molecular flexibility index (Phi) is 7.35. The Labute approximate surface area is 163 Å². The average Bonchev–Trinajstić information content (AvgIpc) is 2.64. The highest BCUT2D eigenvalue weighted by Crippen LogP contribution is 2.23. The Morgan fingerprint density at radius 1 is 1.07 bits per heavy atom. The van der Waals surface area contributed by atoms with E-state index >= 15 is 0 Å². The van der Waals surface area contributed by atoms with Crippen LogP contribution in [0.4, 0.5) is 17.6 Å². The van der Waals surface area contributed by atoms with Gasteiger partial charge in [-0.05, 0) is 48.4 Å². The fourth-order valence-corrected chi connectivity index (χ4v) is 2.18. The van der Waals surface area contributed by atoms with E-state index in [4.69, 9.17) is 14.6 Å². The van der Waals surface area contributed by atoms with Crippen LogP contribution in [0.1, 0.15) is 28.8 Å². The maximum atomic E-state index is 14.0. The Morgan fingerprint density at radius 2 is 1.76 bits per heavy atom. The molecule has 0 atom stereocenters. The predicted octanol–water partition coefficient (Wildman–Crippen LogP) is 4.86. The van der Waals surface area contributed by atoms with Crippen molar-refractivity contribution in [2.75, 3.05) is 6.61 Å². The number of benzene rings is 2. The molecule has 0 radical (unpaired) electrons. The Bertz CT molecular complexity index is 889. The number of carbonyl (C=O) groups is 2. The lowest BCUT2D eigenvalue weighted by molar-refractivity contribution is -0.136. The van der Waals surface area contributed by atoms with Gasteiger partial charge < -0.3 is 14.6 Å². The molecular weight excluding hydrogens is 396 g/mol. The molecule has 0 fully saturated rings. The van der Waals surface area contributed by atoms with Crippen LogP contribution in [-0.4, -0.2) is 29.8 Å². The molecule has 2 aromatic rings. The van der Waals surface area contributed by atoms with Gasteiger partial charge in [-0.15, -0.1) is 0 Å². The zero-order valence-electron chi connectivity index (χ0n) is 14.9. The van der Waals surface area contributed by atoms with Gasteiger partial charge in [0.2, 0.25) is 0 Å². The lowest BCUT2D eigenvalue weighted by Crippen LogP contribution is -2.11. The number of rotatable bonds is 8. The zero-order valence-corrected chi connectivity index (χ0v) is 14.9. The third kappa shape index (κ3) is 7.65. The second kappa shape index (κ2) is 9.72. The van der Waals surface area contributed by atoms with E-state index in [9.17, 15) is 27.2 Å². The van der Waals surface area contributed by atoms with Gasteiger partial charge in [0.25, 0.3) is 0 Å². The van der Waals surface area contributed by atoms with Crippen molar-refractivity contribution in [2.45, 2.75) is 19.0 Å². The normalized spacial score (nSPS) is 11.4. The monoisotopic (exact) mass is 412 g/mol. The van der Waals surface area contributed by atoms with Crippen LogP contribution in [0.3, 0.4) is 0 Å². The van der Waals surface area contributed by atoms with E-state index in [1.807, 2.05) is 0 Å². The van der Waals surface area contributed by atoms with E-state index in [-0.39, 0.29) is 30.1 Å². The van der Waals surface area contributed by atoms with Gasteiger partial charge in [0.05, 0.1) is 12.2 Å². The third-order valence-corrected chi connectivity index (χ3v) is 3.54. The summed E-state index contributed by atoms with van der Waals surface area (Å²) in [6.45, 7) is -0.317. The number of ether oxygens (including phenoxy) is 2. The van der Waals surface area contributed by atoms with Crippen molar-refractivity contribution in [1.82, 2.24) is 0 Å². The van der Waals surface area contributed by atoms with Gasteiger partial charge in [0.1, 0.15) is 5.75 Å². The lowest BCUT2D eigenvalue weighted by Gasteiger charge is -2.10. The lowest BCUT2D eigenvalue weighted by atomic mass is 10.2. The topological polar surface area (TPSA) is 72.8 Å². The molecule has 2 rings (SSSR count). The number of carboxylic acid groups (broad SMARTS) is 1. The van der Waals surface area contributed by atoms with Crippen LogP contribution in [0.5, 0.6) is 11.5 Å². The van der Waals surface area contributed by atoms with E-state index in [0.717, 1.165) is 18.2 Å². The molecule has 0 saturated carbocycles. The number of alkyl halides is 3. The van der Waals surface area contributed by atoms with Crippen molar-refractivity contribution in [1.29, 1.82) is 0 Å². The number of aliphatic carboxylic acids is 1. The molecule has 29 heavy (non-hydrogen) atoms. The molecule has 154 valence electrons. The molecule has 5 nitrogen and oxygen atoms in total. The highest BCUT2D eigenvalue weighted by molar-refractivity contribution is 5.91. The Balaban J connectivity index is 1.94. The van der Waals surface area contributed by atoms with Crippen molar-refractivity contribution in [3.63, 3.8) is 0 Å². The molecule has 1 N–H and O–H groups in total. The van der Waals surface area contributed by atoms with Crippen LogP contribution < -0.4 is 9.47 Å². The third-order valence-electron chi connectivity index (χ3n) is 3.54. The fraction of sp³-hybridized carbons (Fsp3) is 0.200. The van der Waals surface area contributed by atoms with Crippen LogP contribution in [-0.2, 0) is 4.79 Å². The predicted molar refractivity (Wildman–Crippen MR) is 95.3 cm³/mol. The number of halogens is 4. The first-order valence-corrected chi connectivity index (χ1v) is 8.36. The van der Waals surface area contributed by atoms with E-state index in [1.54, 1.807) is 0 Å². The van der Waals surface area contributed by atoms with Crippen molar-refractivity contribution in [3.05, 3.63) is 65.5 Å². The van der Waals surface area contributed by atoms with Gasteiger partial charge in [0.15, 0.2) is 11.6 Å². The number of carboxylic acids is 1. The van der Waals surface area contributed by atoms with Crippen LogP contribution in [0, 0.1) is 5.82 Å². The smallest absolute Gasteiger partial charge is 0.389 e. The molecule has 0 bridgehead atoms. The number of esters is 1. The molecule has 0 heterocycles.